The summed E-state index contributed by atoms with van der Waals surface area (Å²) >= 11 is 0. The highest BCUT2D eigenvalue weighted by atomic mass is 15.1. The Kier molecular flexibility index (Phi) is 1.32. The maximum atomic E-state index is 4.02. The molecule has 52 valence electrons. The van der Waals surface area contributed by atoms with Gasteiger partial charge in [0.25, 0.3) is 0 Å². The average molecular weight is 136 g/mol. The third-order valence-corrected chi connectivity index (χ3v) is 1.65. The van der Waals surface area contributed by atoms with E-state index in [1.54, 1.807) is 0 Å². The van der Waals surface area contributed by atoms with Gasteiger partial charge in [-0.1, -0.05) is 0 Å². The van der Waals surface area contributed by atoms with E-state index < -0.39 is 0 Å². The molecule has 4 nitrogen and oxygen atoms in total. The van der Waals surface area contributed by atoms with Crippen LogP contribution in [0.1, 0.15) is 18.3 Å². The van der Waals surface area contributed by atoms with E-state index in [4.69, 9.17) is 0 Å². The highest BCUT2D eigenvalue weighted by molar-refractivity contribution is 4.96. The summed E-state index contributed by atoms with van der Waals surface area (Å²) in [4.78, 5) is 11.8. The lowest BCUT2D eigenvalue weighted by molar-refractivity contribution is 0.365. The van der Waals surface area contributed by atoms with Crippen molar-refractivity contribution in [1.82, 2.24) is 20.3 Å². The van der Waals surface area contributed by atoms with E-state index in [-0.39, 0.29) is 0 Å². The van der Waals surface area contributed by atoms with Gasteiger partial charge < -0.3 is 5.32 Å². The number of aromatic nitrogens is 3. The standard InChI is InChI=1S/C6H8N4/c1-2-8-5(1)6-9-3-7-4-10-6/h3-5,8H,1-2H2. The van der Waals surface area contributed by atoms with E-state index in [2.05, 4.69) is 20.3 Å². The monoisotopic (exact) mass is 136 g/mol. The molecular formula is C6H8N4. The van der Waals surface area contributed by atoms with Crippen LogP contribution in [0, 0.1) is 0 Å². The largest absolute Gasteiger partial charge is 0.307 e. The minimum absolute atomic E-state index is 0.378. The number of hydrogen-bond donors (Lipinski definition) is 1. The van der Waals surface area contributed by atoms with Crippen LogP contribution in [0.5, 0.6) is 0 Å². The summed E-state index contributed by atoms with van der Waals surface area (Å²) < 4.78 is 0. The third kappa shape index (κ3) is 0.863. The van der Waals surface area contributed by atoms with E-state index in [1.165, 1.54) is 12.7 Å². The SMILES string of the molecule is c1ncnc(C2CCN2)n1. The Labute approximate surface area is 58.7 Å². The van der Waals surface area contributed by atoms with Gasteiger partial charge in [0.2, 0.25) is 0 Å². The van der Waals surface area contributed by atoms with Crippen LogP contribution in [-0.2, 0) is 0 Å². The molecule has 2 heterocycles. The molecule has 1 atom stereocenters. The quantitative estimate of drug-likeness (QED) is 0.586. The van der Waals surface area contributed by atoms with Gasteiger partial charge >= 0.3 is 0 Å². The zero-order chi connectivity index (χ0) is 6.81. The van der Waals surface area contributed by atoms with Crippen LogP contribution >= 0.6 is 0 Å². The topological polar surface area (TPSA) is 50.7 Å². The van der Waals surface area contributed by atoms with Crippen molar-refractivity contribution in [1.29, 1.82) is 0 Å². The first-order valence-electron chi connectivity index (χ1n) is 3.32. The number of nitrogens with zero attached hydrogens (tertiary/aromatic N) is 3. The Balaban J connectivity index is 2.18. The molecule has 4 heteroatoms. The molecule has 2 rings (SSSR count). The Bertz CT molecular complexity index is 206. The Morgan fingerprint density at radius 2 is 2.10 bits per heavy atom. The maximum absolute atomic E-state index is 4.02. The van der Waals surface area contributed by atoms with Crippen molar-refractivity contribution in [2.24, 2.45) is 0 Å². The molecule has 0 bridgehead atoms. The highest BCUT2D eigenvalue weighted by Gasteiger charge is 2.20. The van der Waals surface area contributed by atoms with Crippen LogP contribution in [0.25, 0.3) is 0 Å². The predicted molar refractivity (Wildman–Crippen MR) is 35.2 cm³/mol. The molecule has 0 saturated carbocycles. The van der Waals surface area contributed by atoms with E-state index >= 15 is 0 Å². The molecule has 1 saturated heterocycles. The van der Waals surface area contributed by atoms with Gasteiger partial charge in [0.05, 0.1) is 6.04 Å². The van der Waals surface area contributed by atoms with Gasteiger partial charge in [0.15, 0.2) is 0 Å². The summed E-state index contributed by atoms with van der Waals surface area (Å²) in [5, 5.41) is 3.21. The molecule has 0 spiro atoms. The second-order valence-electron chi connectivity index (χ2n) is 2.29. The first-order chi connectivity index (χ1) is 4.97. The van der Waals surface area contributed by atoms with E-state index in [0.29, 0.717) is 6.04 Å². The van der Waals surface area contributed by atoms with Crippen molar-refractivity contribution < 1.29 is 0 Å². The predicted octanol–water partition coefficient (Wildman–Crippen LogP) is -0.0940. The van der Waals surface area contributed by atoms with Gasteiger partial charge in [-0.05, 0) is 13.0 Å². The summed E-state index contributed by atoms with van der Waals surface area (Å²) in [6.07, 6.45) is 4.20. The number of nitrogens with one attached hydrogen (secondary N) is 1. The zero-order valence-corrected chi connectivity index (χ0v) is 5.49. The van der Waals surface area contributed by atoms with E-state index in [0.717, 1.165) is 18.8 Å². The third-order valence-electron chi connectivity index (χ3n) is 1.65. The summed E-state index contributed by atoms with van der Waals surface area (Å²) in [6.45, 7) is 1.08. The summed E-state index contributed by atoms with van der Waals surface area (Å²) in [6, 6.07) is 0.378. The molecule has 0 aromatic carbocycles. The fraction of sp³-hybridized carbons (Fsp3) is 0.500. The van der Waals surface area contributed by atoms with Crippen LogP contribution in [0.3, 0.4) is 0 Å². The van der Waals surface area contributed by atoms with Gasteiger partial charge in [-0.25, -0.2) is 15.0 Å². The van der Waals surface area contributed by atoms with Crippen LogP contribution in [-0.4, -0.2) is 21.5 Å². The normalized spacial score (nSPS) is 23.8. The fourth-order valence-corrected chi connectivity index (χ4v) is 0.937. The van der Waals surface area contributed by atoms with Gasteiger partial charge in [0, 0.05) is 0 Å². The highest BCUT2D eigenvalue weighted by Crippen LogP contribution is 2.17. The Hall–Kier alpha value is -1.03. The van der Waals surface area contributed by atoms with Crippen LogP contribution in [0.4, 0.5) is 0 Å². The van der Waals surface area contributed by atoms with Crippen molar-refractivity contribution in [3.8, 4) is 0 Å². The fourth-order valence-electron chi connectivity index (χ4n) is 0.937. The first-order valence-corrected chi connectivity index (χ1v) is 3.32. The van der Waals surface area contributed by atoms with Crippen molar-refractivity contribution in [3.63, 3.8) is 0 Å². The molecule has 0 radical (unpaired) electrons. The molecule has 1 unspecified atom stereocenters. The van der Waals surface area contributed by atoms with Crippen molar-refractivity contribution in [2.45, 2.75) is 12.5 Å². The molecule has 0 aliphatic carbocycles. The van der Waals surface area contributed by atoms with Crippen LogP contribution < -0.4 is 5.32 Å². The van der Waals surface area contributed by atoms with Gasteiger partial charge in [0.1, 0.15) is 18.5 Å². The van der Waals surface area contributed by atoms with Gasteiger partial charge in [-0.2, -0.15) is 0 Å². The summed E-state index contributed by atoms with van der Waals surface area (Å²) in [7, 11) is 0. The maximum Gasteiger partial charge on any atom is 0.148 e. The lowest BCUT2D eigenvalue weighted by Gasteiger charge is -2.25. The smallest absolute Gasteiger partial charge is 0.148 e. The molecular weight excluding hydrogens is 128 g/mol. The van der Waals surface area contributed by atoms with Crippen LogP contribution in [0.2, 0.25) is 0 Å². The van der Waals surface area contributed by atoms with E-state index in [1.807, 2.05) is 0 Å². The molecule has 1 aliphatic rings. The Morgan fingerprint density at radius 1 is 1.40 bits per heavy atom. The molecule has 1 aliphatic heterocycles. The molecule has 1 aromatic heterocycles. The van der Waals surface area contributed by atoms with Crippen molar-refractivity contribution in [3.05, 3.63) is 18.5 Å². The molecule has 1 aromatic rings. The van der Waals surface area contributed by atoms with Crippen LogP contribution in [0.15, 0.2) is 12.7 Å². The second kappa shape index (κ2) is 2.30. The first kappa shape index (κ1) is 5.73. The second-order valence-corrected chi connectivity index (χ2v) is 2.29. The minimum Gasteiger partial charge on any atom is -0.307 e. The van der Waals surface area contributed by atoms with Crippen molar-refractivity contribution in [2.75, 3.05) is 6.54 Å². The molecule has 1 fully saturated rings. The average Bonchev–Trinajstić information content (AvgIpc) is 1.86. The molecule has 10 heavy (non-hydrogen) atoms. The minimum atomic E-state index is 0.378. The number of rotatable bonds is 1. The van der Waals surface area contributed by atoms with Gasteiger partial charge in [-0.15, -0.1) is 0 Å². The summed E-state index contributed by atoms with van der Waals surface area (Å²) in [5.74, 6) is 0.862. The number of hydrogen-bond acceptors (Lipinski definition) is 4. The zero-order valence-electron chi connectivity index (χ0n) is 5.49. The molecule has 1 N–H and O–H groups in total. The summed E-state index contributed by atoms with van der Waals surface area (Å²) in [5.41, 5.74) is 0. The van der Waals surface area contributed by atoms with E-state index in [9.17, 15) is 0 Å². The Morgan fingerprint density at radius 3 is 2.60 bits per heavy atom. The molecule has 0 amide bonds. The lowest BCUT2D eigenvalue weighted by atomic mass is 10.1. The van der Waals surface area contributed by atoms with Gasteiger partial charge in [-0.3, -0.25) is 0 Å². The van der Waals surface area contributed by atoms with Crippen molar-refractivity contribution >= 4 is 0 Å². The lowest BCUT2D eigenvalue weighted by Crippen LogP contribution is -2.36.